The van der Waals surface area contributed by atoms with Crippen LogP contribution in [0.2, 0.25) is 0 Å². The number of amides is 1. The Bertz CT molecular complexity index is 1140. The maximum absolute atomic E-state index is 12.5. The average Bonchev–Trinajstić information content (AvgIpc) is 2.70. The number of carbonyl (C=O) groups is 1. The third-order valence-corrected chi connectivity index (χ3v) is 6.21. The van der Waals surface area contributed by atoms with E-state index in [1.807, 2.05) is 25.1 Å². The molecular weight excluding hydrogens is 396 g/mol. The minimum Gasteiger partial charge on any atom is -0.354 e. The molecule has 0 aliphatic carbocycles. The fourth-order valence-electron chi connectivity index (χ4n) is 3.58. The van der Waals surface area contributed by atoms with Gasteiger partial charge in [0.25, 0.3) is 0 Å². The monoisotopic (exact) mass is 424 g/mol. The zero-order chi connectivity index (χ0) is 21.7. The Morgan fingerprint density at radius 1 is 1.03 bits per heavy atom. The third kappa shape index (κ3) is 5.60. The number of nitrogens with one attached hydrogen (secondary N) is 1. The molecule has 5 nitrogen and oxygen atoms in total. The molecule has 0 aliphatic heterocycles. The van der Waals surface area contributed by atoms with E-state index < -0.39 is 10.0 Å². The Kier molecular flexibility index (Phi) is 6.77. The van der Waals surface area contributed by atoms with Crippen molar-refractivity contribution in [2.45, 2.75) is 20.3 Å². The topological polar surface area (TPSA) is 66.5 Å². The minimum absolute atomic E-state index is 0.213. The molecule has 0 fully saturated rings. The number of hydrogen-bond donors (Lipinski definition) is 1. The summed E-state index contributed by atoms with van der Waals surface area (Å²) in [5.74, 6) is -0.0999. The second-order valence-corrected chi connectivity index (χ2v) is 9.77. The highest BCUT2D eigenvalue weighted by Crippen LogP contribution is 2.21. The standard InChI is InChI=1S/C24H28N2O3S/c1-18-8-6-12-22(15-18)26(30(3,28)29)17-24(27)25-16-19(2)14-21-11-7-10-20-9-4-5-13-23(20)21/h4-13,15,19H,14,16-17H2,1-3H3,(H,25,27). The van der Waals surface area contributed by atoms with Crippen LogP contribution >= 0.6 is 0 Å². The number of sulfonamides is 1. The van der Waals surface area contributed by atoms with Gasteiger partial charge in [-0.05, 0) is 53.3 Å². The Hall–Kier alpha value is -2.86. The highest BCUT2D eigenvalue weighted by atomic mass is 32.2. The van der Waals surface area contributed by atoms with Crippen molar-refractivity contribution in [2.24, 2.45) is 5.92 Å². The smallest absolute Gasteiger partial charge is 0.240 e. The normalized spacial score (nSPS) is 12.5. The van der Waals surface area contributed by atoms with Crippen molar-refractivity contribution in [1.29, 1.82) is 0 Å². The van der Waals surface area contributed by atoms with E-state index in [4.69, 9.17) is 0 Å². The summed E-state index contributed by atoms with van der Waals surface area (Å²) >= 11 is 0. The van der Waals surface area contributed by atoms with Crippen LogP contribution in [0.1, 0.15) is 18.1 Å². The number of anilines is 1. The molecule has 0 aromatic heterocycles. The van der Waals surface area contributed by atoms with Gasteiger partial charge in [0, 0.05) is 6.54 Å². The maximum Gasteiger partial charge on any atom is 0.240 e. The lowest BCUT2D eigenvalue weighted by molar-refractivity contribution is -0.119. The highest BCUT2D eigenvalue weighted by Gasteiger charge is 2.21. The van der Waals surface area contributed by atoms with Gasteiger partial charge in [-0.25, -0.2) is 8.42 Å². The summed E-state index contributed by atoms with van der Waals surface area (Å²) < 4.78 is 25.6. The molecule has 3 aromatic carbocycles. The van der Waals surface area contributed by atoms with Gasteiger partial charge in [-0.2, -0.15) is 0 Å². The predicted octanol–water partition coefficient (Wildman–Crippen LogP) is 3.91. The molecule has 1 amide bonds. The highest BCUT2D eigenvalue weighted by molar-refractivity contribution is 7.92. The molecule has 1 unspecified atom stereocenters. The Labute approximate surface area is 178 Å². The fraction of sp³-hybridized carbons (Fsp3) is 0.292. The number of hydrogen-bond acceptors (Lipinski definition) is 3. The fourth-order valence-corrected chi connectivity index (χ4v) is 4.42. The number of benzene rings is 3. The van der Waals surface area contributed by atoms with E-state index in [1.54, 1.807) is 18.2 Å². The summed E-state index contributed by atoms with van der Waals surface area (Å²) in [5.41, 5.74) is 2.68. The lowest BCUT2D eigenvalue weighted by Crippen LogP contribution is -2.41. The molecule has 0 spiro atoms. The Morgan fingerprint density at radius 2 is 1.73 bits per heavy atom. The van der Waals surface area contributed by atoms with Crippen molar-refractivity contribution in [3.05, 3.63) is 77.9 Å². The molecule has 0 bridgehead atoms. The van der Waals surface area contributed by atoms with Gasteiger partial charge in [-0.15, -0.1) is 0 Å². The molecule has 158 valence electrons. The second kappa shape index (κ2) is 9.30. The van der Waals surface area contributed by atoms with Crippen LogP contribution < -0.4 is 9.62 Å². The van der Waals surface area contributed by atoms with Gasteiger partial charge >= 0.3 is 0 Å². The van der Waals surface area contributed by atoms with Gasteiger partial charge < -0.3 is 5.32 Å². The lowest BCUT2D eigenvalue weighted by Gasteiger charge is -2.23. The summed E-state index contributed by atoms with van der Waals surface area (Å²) in [6.45, 7) is 4.21. The lowest BCUT2D eigenvalue weighted by atomic mass is 9.96. The van der Waals surface area contributed by atoms with Crippen molar-refractivity contribution >= 4 is 32.4 Å². The zero-order valence-corrected chi connectivity index (χ0v) is 18.4. The summed E-state index contributed by atoms with van der Waals surface area (Å²) in [5, 5.41) is 5.32. The van der Waals surface area contributed by atoms with Crippen LogP contribution in [0.3, 0.4) is 0 Å². The second-order valence-electron chi connectivity index (χ2n) is 7.86. The first-order valence-electron chi connectivity index (χ1n) is 10.0. The van der Waals surface area contributed by atoms with Gasteiger partial charge in [-0.1, -0.05) is 61.5 Å². The van der Waals surface area contributed by atoms with E-state index in [2.05, 4.69) is 42.6 Å². The molecule has 0 saturated heterocycles. The van der Waals surface area contributed by atoms with Gasteiger partial charge in [0.1, 0.15) is 6.54 Å². The van der Waals surface area contributed by atoms with E-state index in [1.165, 1.54) is 16.3 Å². The maximum atomic E-state index is 12.5. The van der Waals surface area contributed by atoms with Crippen LogP contribution in [0.5, 0.6) is 0 Å². The Balaban J connectivity index is 1.62. The molecular formula is C24H28N2O3S. The third-order valence-electron chi connectivity index (χ3n) is 5.07. The van der Waals surface area contributed by atoms with Crippen LogP contribution in [0.4, 0.5) is 5.69 Å². The van der Waals surface area contributed by atoms with Crippen LogP contribution in [0.15, 0.2) is 66.7 Å². The number of aryl methyl sites for hydroxylation is 1. The SMILES string of the molecule is Cc1cccc(N(CC(=O)NCC(C)Cc2cccc3ccccc23)S(C)(=O)=O)c1. The van der Waals surface area contributed by atoms with Gasteiger partial charge in [0.15, 0.2) is 0 Å². The van der Waals surface area contributed by atoms with Crippen molar-refractivity contribution in [2.75, 3.05) is 23.7 Å². The molecule has 0 radical (unpaired) electrons. The van der Waals surface area contributed by atoms with Crippen LogP contribution in [-0.2, 0) is 21.2 Å². The van der Waals surface area contributed by atoms with Crippen LogP contribution in [-0.4, -0.2) is 33.7 Å². The van der Waals surface area contributed by atoms with E-state index in [9.17, 15) is 13.2 Å². The first kappa shape index (κ1) is 21.8. The number of carbonyl (C=O) groups excluding carboxylic acids is 1. The van der Waals surface area contributed by atoms with Gasteiger partial charge in [0.05, 0.1) is 11.9 Å². The molecule has 6 heteroatoms. The quantitative estimate of drug-likeness (QED) is 0.596. The van der Waals surface area contributed by atoms with Crippen LogP contribution in [0.25, 0.3) is 10.8 Å². The molecule has 1 atom stereocenters. The van der Waals surface area contributed by atoms with Crippen molar-refractivity contribution in [3.8, 4) is 0 Å². The molecule has 1 N–H and O–H groups in total. The summed E-state index contributed by atoms with van der Waals surface area (Å²) in [6.07, 6.45) is 1.95. The number of rotatable bonds is 8. The number of nitrogens with zero attached hydrogens (tertiary/aromatic N) is 1. The first-order chi connectivity index (χ1) is 14.2. The molecule has 3 aromatic rings. The molecule has 0 saturated carbocycles. The van der Waals surface area contributed by atoms with Crippen molar-refractivity contribution < 1.29 is 13.2 Å². The van der Waals surface area contributed by atoms with E-state index in [0.29, 0.717) is 12.2 Å². The summed E-state index contributed by atoms with van der Waals surface area (Å²) in [6, 6.07) is 21.7. The largest absolute Gasteiger partial charge is 0.354 e. The zero-order valence-electron chi connectivity index (χ0n) is 17.6. The number of fused-ring (bicyclic) bond motifs is 1. The molecule has 30 heavy (non-hydrogen) atoms. The Morgan fingerprint density at radius 3 is 2.47 bits per heavy atom. The van der Waals surface area contributed by atoms with E-state index >= 15 is 0 Å². The van der Waals surface area contributed by atoms with E-state index in [0.717, 1.165) is 22.5 Å². The van der Waals surface area contributed by atoms with Crippen molar-refractivity contribution in [1.82, 2.24) is 5.32 Å². The minimum atomic E-state index is -3.57. The summed E-state index contributed by atoms with van der Waals surface area (Å²) in [7, 11) is -3.57. The van der Waals surface area contributed by atoms with E-state index in [-0.39, 0.29) is 18.4 Å². The van der Waals surface area contributed by atoms with Crippen molar-refractivity contribution in [3.63, 3.8) is 0 Å². The van der Waals surface area contributed by atoms with Gasteiger partial charge in [-0.3, -0.25) is 9.10 Å². The average molecular weight is 425 g/mol. The van der Waals surface area contributed by atoms with Crippen LogP contribution in [0, 0.1) is 12.8 Å². The summed E-state index contributed by atoms with van der Waals surface area (Å²) in [4.78, 5) is 12.5. The predicted molar refractivity (Wildman–Crippen MR) is 123 cm³/mol. The first-order valence-corrected chi connectivity index (χ1v) is 11.9. The molecule has 0 aliphatic rings. The molecule has 3 rings (SSSR count). The van der Waals surface area contributed by atoms with Gasteiger partial charge in [0.2, 0.25) is 15.9 Å². The molecule has 0 heterocycles.